The first-order valence-corrected chi connectivity index (χ1v) is 9.38. The fourth-order valence-electron chi connectivity index (χ4n) is 3.71. The molecule has 0 atom stereocenters. The van der Waals surface area contributed by atoms with Crippen LogP contribution in [0.5, 0.6) is 0 Å². The van der Waals surface area contributed by atoms with Crippen LogP contribution in [0.2, 0.25) is 0 Å². The van der Waals surface area contributed by atoms with Gasteiger partial charge in [-0.1, -0.05) is 35.9 Å². The Bertz CT molecular complexity index is 996. The van der Waals surface area contributed by atoms with Gasteiger partial charge in [0.1, 0.15) is 11.3 Å². The van der Waals surface area contributed by atoms with E-state index in [9.17, 15) is 9.59 Å². The first kappa shape index (κ1) is 17.5. The summed E-state index contributed by atoms with van der Waals surface area (Å²) < 4.78 is 1.93. The molecule has 138 valence electrons. The summed E-state index contributed by atoms with van der Waals surface area (Å²) >= 11 is 0. The van der Waals surface area contributed by atoms with Crippen LogP contribution in [0.1, 0.15) is 44.9 Å². The maximum Gasteiger partial charge on any atom is 0.274 e. The lowest BCUT2D eigenvalue weighted by atomic mass is 9.88. The van der Waals surface area contributed by atoms with E-state index in [1.54, 1.807) is 6.20 Å². The van der Waals surface area contributed by atoms with E-state index >= 15 is 0 Å². The maximum atomic E-state index is 12.8. The Balaban J connectivity index is 1.43. The van der Waals surface area contributed by atoms with Crippen molar-refractivity contribution >= 4 is 17.3 Å². The number of likely N-dealkylation sites (tertiary alicyclic amines) is 1. The number of amides is 1. The van der Waals surface area contributed by atoms with Gasteiger partial charge in [0, 0.05) is 36.5 Å². The molecular weight excluding hydrogens is 338 g/mol. The van der Waals surface area contributed by atoms with Crippen molar-refractivity contribution in [2.45, 2.75) is 26.7 Å². The Morgan fingerprint density at radius 1 is 1.00 bits per heavy atom. The predicted molar refractivity (Wildman–Crippen MR) is 104 cm³/mol. The zero-order valence-electron chi connectivity index (χ0n) is 15.7. The van der Waals surface area contributed by atoms with Crippen LogP contribution in [0.15, 0.2) is 48.7 Å². The average molecular weight is 361 g/mol. The zero-order chi connectivity index (χ0) is 19.0. The largest absolute Gasteiger partial charge is 0.337 e. The highest BCUT2D eigenvalue weighted by molar-refractivity contribution is 5.98. The monoisotopic (exact) mass is 361 g/mol. The molecule has 0 unspecified atom stereocenters. The number of Topliss-reactive ketones (excluding diaryl/α,β-unsaturated/α-hetero) is 1. The molecule has 2 aromatic heterocycles. The van der Waals surface area contributed by atoms with Gasteiger partial charge in [-0.2, -0.15) is 0 Å². The SMILES string of the molecule is Cc1ccc(C(=O)C2CCN(C(=O)c3cn4c(C)cccc4n3)CC2)cc1. The number of aromatic nitrogens is 2. The minimum atomic E-state index is -0.0562. The van der Waals surface area contributed by atoms with E-state index < -0.39 is 0 Å². The number of fused-ring (bicyclic) bond motifs is 1. The molecule has 0 spiro atoms. The summed E-state index contributed by atoms with van der Waals surface area (Å²) in [5, 5.41) is 0. The summed E-state index contributed by atoms with van der Waals surface area (Å²) in [5.74, 6) is 0.116. The van der Waals surface area contributed by atoms with Gasteiger partial charge in [-0.3, -0.25) is 9.59 Å². The summed E-state index contributed by atoms with van der Waals surface area (Å²) in [5.41, 5.74) is 4.20. The molecule has 1 saturated heterocycles. The Hall–Kier alpha value is -2.95. The minimum Gasteiger partial charge on any atom is -0.337 e. The number of benzene rings is 1. The van der Waals surface area contributed by atoms with Crippen LogP contribution in [0.25, 0.3) is 5.65 Å². The standard InChI is InChI=1S/C22H23N3O2/c1-15-6-8-17(9-7-15)21(26)18-10-12-24(13-11-18)22(27)19-14-25-16(2)4-3-5-20(25)23-19/h3-9,14,18H,10-13H2,1-2H3. The van der Waals surface area contributed by atoms with Crippen LogP contribution in [-0.2, 0) is 0 Å². The fraction of sp³-hybridized carbons (Fsp3) is 0.318. The number of hydrogen-bond acceptors (Lipinski definition) is 3. The fourth-order valence-corrected chi connectivity index (χ4v) is 3.71. The number of imidazole rings is 1. The number of piperidine rings is 1. The number of carbonyl (C=O) groups excluding carboxylic acids is 2. The molecule has 0 N–H and O–H groups in total. The van der Waals surface area contributed by atoms with Gasteiger partial charge in [0.15, 0.2) is 5.78 Å². The molecule has 1 aromatic carbocycles. The van der Waals surface area contributed by atoms with Crippen LogP contribution in [0.3, 0.4) is 0 Å². The van der Waals surface area contributed by atoms with Crippen molar-refractivity contribution in [2.75, 3.05) is 13.1 Å². The normalized spacial score (nSPS) is 15.3. The highest BCUT2D eigenvalue weighted by Gasteiger charge is 2.29. The van der Waals surface area contributed by atoms with Gasteiger partial charge in [-0.15, -0.1) is 0 Å². The third kappa shape index (κ3) is 3.37. The summed E-state index contributed by atoms with van der Waals surface area (Å²) in [6.45, 7) is 5.19. The molecule has 4 rings (SSSR count). The maximum absolute atomic E-state index is 12.8. The molecule has 3 aromatic rings. The average Bonchev–Trinajstić information content (AvgIpc) is 3.13. The summed E-state index contributed by atoms with van der Waals surface area (Å²) in [6.07, 6.45) is 3.20. The van der Waals surface area contributed by atoms with Gasteiger partial charge in [0.2, 0.25) is 0 Å². The number of pyridine rings is 1. The number of rotatable bonds is 3. The van der Waals surface area contributed by atoms with Gasteiger partial charge in [-0.05, 0) is 38.8 Å². The minimum absolute atomic E-state index is 0.0138. The molecule has 27 heavy (non-hydrogen) atoms. The summed E-state index contributed by atoms with van der Waals surface area (Å²) in [6, 6.07) is 13.6. The number of ketones is 1. The second-order valence-electron chi connectivity index (χ2n) is 7.32. The molecule has 1 aliphatic rings. The number of nitrogens with zero attached hydrogens (tertiary/aromatic N) is 3. The molecule has 5 nitrogen and oxygen atoms in total. The van der Waals surface area contributed by atoms with Crippen molar-refractivity contribution in [3.63, 3.8) is 0 Å². The zero-order valence-corrected chi connectivity index (χ0v) is 15.7. The van der Waals surface area contributed by atoms with Crippen LogP contribution in [0, 0.1) is 19.8 Å². The number of carbonyl (C=O) groups is 2. The highest BCUT2D eigenvalue weighted by Crippen LogP contribution is 2.23. The highest BCUT2D eigenvalue weighted by atomic mass is 16.2. The number of hydrogen-bond donors (Lipinski definition) is 0. The van der Waals surface area contributed by atoms with Crippen LogP contribution < -0.4 is 0 Å². The van der Waals surface area contributed by atoms with Crippen molar-refractivity contribution in [2.24, 2.45) is 5.92 Å². The lowest BCUT2D eigenvalue weighted by Crippen LogP contribution is -2.40. The topological polar surface area (TPSA) is 54.7 Å². The Morgan fingerprint density at radius 3 is 2.37 bits per heavy atom. The quantitative estimate of drug-likeness (QED) is 0.669. The third-order valence-electron chi connectivity index (χ3n) is 5.40. The van der Waals surface area contributed by atoms with Gasteiger partial charge in [-0.25, -0.2) is 4.98 Å². The Labute approximate surface area is 158 Å². The van der Waals surface area contributed by atoms with Crippen molar-refractivity contribution in [3.8, 4) is 0 Å². The lowest BCUT2D eigenvalue weighted by molar-refractivity contribution is 0.0646. The first-order valence-electron chi connectivity index (χ1n) is 9.38. The molecule has 0 bridgehead atoms. The van der Waals surface area contributed by atoms with Crippen molar-refractivity contribution < 1.29 is 9.59 Å². The van der Waals surface area contributed by atoms with Crippen molar-refractivity contribution in [1.29, 1.82) is 0 Å². The van der Waals surface area contributed by atoms with Crippen molar-refractivity contribution in [1.82, 2.24) is 14.3 Å². The van der Waals surface area contributed by atoms with Crippen LogP contribution in [-0.4, -0.2) is 39.1 Å². The van der Waals surface area contributed by atoms with E-state index in [1.807, 2.05) is 65.6 Å². The van der Waals surface area contributed by atoms with E-state index in [-0.39, 0.29) is 17.6 Å². The van der Waals surface area contributed by atoms with Crippen LogP contribution >= 0.6 is 0 Å². The van der Waals surface area contributed by atoms with E-state index in [0.717, 1.165) is 22.5 Å². The Kier molecular flexibility index (Phi) is 4.52. The summed E-state index contributed by atoms with van der Waals surface area (Å²) in [4.78, 5) is 31.8. The Morgan fingerprint density at radius 2 is 1.70 bits per heavy atom. The van der Waals surface area contributed by atoms with Crippen molar-refractivity contribution in [3.05, 3.63) is 71.2 Å². The number of aryl methyl sites for hydroxylation is 2. The molecule has 5 heteroatoms. The predicted octanol–water partition coefficient (Wildman–Crippen LogP) is 3.69. The van der Waals surface area contributed by atoms with E-state index in [0.29, 0.717) is 31.6 Å². The molecule has 1 fully saturated rings. The lowest BCUT2D eigenvalue weighted by Gasteiger charge is -2.30. The van der Waals surface area contributed by atoms with Gasteiger partial charge >= 0.3 is 0 Å². The molecule has 1 aliphatic heterocycles. The molecule has 0 saturated carbocycles. The molecule has 3 heterocycles. The first-order chi connectivity index (χ1) is 13.0. The van der Waals surface area contributed by atoms with E-state index in [1.165, 1.54) is 0 Å². The summed E-state index contributed by atoms with van der Waals surface area (Å²) in [7, 11) is 0. The van der Waals surface area contributed by atoms with Gasteiger partial charge < -0.3 is 9.30 Å². The second kappa shape index (κ2) is 6.99. The molecule has 0 radical (unpaired) electrons. The second-order valence-corrected chi connectivity index (χ2v) is 7.32. The smallest absolute Gasteiger partial charge is 0.274 e. The van der Waals surface area contributed by atoms with Crippen LogP contribution in [0.4, 0.5) is 0 Å². The molecule has 1 amide bonds. The van der Waals surface area contributed by atoms with Gasteiger partial charge in [0.25, 0.3) is 5.91 Å². The molecule has 0 aliphatic carbocycles. The van der Waals surface area contributed by atoms with E-state index in [2.05, 4.69) is 4.98 Å². The van der Waals surface area contributed by atoms with E-state index in [4.69, 9.17) is 0 Å². The molecular formula is C22H23N3O2. The van der Waals surface area contributed by atoms with Gasteiger partial charge in [0.05, 0.1) is 0 Å². The third-order valence-corrected chi connectivity index (χ3v) is 5.40.